The third-order valence-electron chi connectivity index (χ3n) is 1.96. The van der Waals surface area contributed by atoms with E-state index in [-0.39, 0.29) is 0 Å². The zero-order valence-electron chi connectivity index (χ0n) is 7.26. The summed E-state index contributed by atoms with van der Waals surface area (Å²) in [5.41, 5.74) is 8.37. The third kappa shape index (κ3) is 1.42. The molecule has 0 saturated carbocycles. The summed E-state index contributed by atoms with van der Waals surface area (Å²) in [4.78, 5) is 7.58. The van der Waals surface area contributed by atoms with Crippen LogP contribution < -0.4 is 5.73 Å². The fourth-order valence-electron chi connectivity index (χ4n) is 1.33. The SMILES string of the molecule is CCc1nc2c(N)cc(Br)cc2[nH]1. The summed E-state index contributed by atoms with van der Waals surface area (Å²) in [5, 5.41) is 0. The molecule has 3 nitrogen and oxygen atoms in total. The van der Waals surface area contributed by atoms with Crippen molar-refractivity contribution in [2.24, 2.45) is 0 Å². The van der Waals surface area contributed by atoms with Crippen molar-refractivity contribution in [3.63, 3.8) is 0 Å². The van der Waals surface area contributed by atoms with Gasteiger partial charge in [-0.25, -0.2) is 4.98 Å². The third-order valence-corrected chi connectivity index (χ3v) is 2.42. The number of aromatic nitrogens is 2. The molecule has 2 rings (SSSR count). The average Bonchev–Trinajstić information content (AvgIpc) is 2.47. The summed E-state index contributed by atoms with van der Waals surface area (Å²) >= 11 is 3.39. The zero-order chi connectivity index (χ0) is 9.42. The van der Waals surface area contributed by atoms with Gasteiger partial charge in [-0.3, -0.25) is 0 Å². The van der Waals surface area contributed by atoms with Gasteiger partial charge in [-0.1, -0.05) is 22.9 Å². The van der Waals surface area contributed by atoms with Crippen molar-refractivity contribution >= 4 is 32.7 Å². The zero-order valence-corrected chi connectivity index (χ0v) is 8.85. The lowest BCUT2D eigenvalue weighted by Crippen LogP contribution is -1.86. The highest BCUT2D eigenvalue weighted by Crippen LogP contribution is 2.24. The number of aromatic amines is 1. The number of nitrogens with two attached hydrogens (primary N) is 1. The van der Waals surface area contributed by atoms with Crippen LogP contribution in [0.1, 0.15) is 12.7 Å². The topological polar surface area (TPSA) is 54.7 Å². The quantitative estimate of drug-likeness (QED) is 0.752. The molecule has 0 unspecified atom stereocenters. The van der Waals surface area contributed by atoms with Crippen LogP contribution in [0.15, 0.2) is 16.6 Å². The molecule has 3 N–H and O–H groups in total. The van der Waals surface area contributed by atoms with Gasteiger partial charge in [0.2, 0.25) is 0 Å². The van der Waals surface area contributed by atoms with Gasteiger partial charge in [-0.15, -0.1) is 0 Å². The Hall–Kier alpha value is -1.03. The molecule has 0 bridgehead atoms. The van der Waals surface area contributed by atoms with Crippen molar-refractivity contribution in [3.05, 3.63) is 22.4 Å². The van der Waals surface area contributed by atoms with Crippen LogP contribution in [0.25, 0.3) is 11.0 Å². The lowest BCUT2D eigenvalue weighted by Gasteiger charge is -1.94. The molecule has 2 aromatic rings. The first-order valence-corrected chi connectivity index (χ1v) is 4.93. The van der Waals surface area contributed by atoms with E-state index in [1.165, 1.54) is 0 Å². The summed E-state index contributed by atoms with van der Waals surface area (Å²) < 4.78 is 0.976. The van der Waals surface area contributed by atoms with Crippen molar-refractivity contribution in [2.75, 3.05) is 5.73 Å². The van der Waals surface area contributed by atoms with E-state index in [0.717, 1.165) is 27.8 Å². The molecule has 0 aliphatic carbocycles. The Labute approximate surface area is 84.5 Å². The number of nitrogens with zero attached hydrogens (tertiary/aromatic N) is 1. The van der Waals surface area contributed by atoms with E-state index in [1.807, 2.05) is 12.1 Å². The fourth-order valence-corrected chi connectivity index (χ4v) is 1.80. The molecule has 1 aromatic heterocycles. The predicted molar refractivity (Wildman–Crippen MR) is 57.6 cm³/mol. The summed E-state index contributed by atoms with van der Waals surface area (Å²) in [6.45, 7) is 2.06. The number of hydrogen-bond acceptors (Lipinski definition) is 2. The van der Waals surface area contributed by atoms with Crippen molar-refractivity contribution in [1.29, 1.82) is 0 Å². The van der Waals surface area contributed by atoms with Crippen LogP contribution in [0, 0.1) is 0 Å². The number of fused-ring (bicyclic) bond motifs is 1. The molecule has 4 heteroatoms. The van der Waals surface area contributed by atoms with Gasteiger partial charge in [-0.05, 0) is 12.1 Å². The van der Waals surface area contributed by atoms with Gasteiger partial charge < -0.3 is 10.7 Å². The summed E-state index contributed by atoms with van der Waals surface area (Å²) in [6.07, 6.45) is 0.895. The minimum absolute atomic E-state index is 0.709. The Morgan fingerprint density at radius 3 is 3.00 bits per heavy atom. The van der Waals surface area contributed by atoms with Crippen molar-refractivity contribution < 1.29 is 0 Å². The van der Waals surface area contributed by atoms with Crippen LogP contribution in [0.4, 0.5) is 5.69 Å². The smallest absolute Gasteiger partial charge is 0.112 e. The number of hydrogen-bond donors (Lipinski definition) is 2. The molecule has 68 valence electrons. The molecule has 1 heterocycles. The molecule has 0 spiro atoms. The number of rotatable bonds is 1. The number of nitrogen functional groups attached to an aromatic ring is 1. The van der Waals surface area contributed by atoms with Crippen molar-refractivity contribution in [3.8, 4) is 0 Å². The lowest BCUT2D eigenvalue weighted by atomic mass is 10.3. The number of benzene rings is 1. The highest BCUT2D eigenvalue weighted by atomic mass is 79.9. The van der Waals surface area contributed by atoms with Crippen LogP contribution >= 0.6 is 15.9 Å². The Morgan fingerprint density at radius 2 is 2.31 bits per heavy atom. The van der Waals surface area contributed by atoms with Crippen LogP contribution in [-0.4, -0.2) is 9.97 Å². The van der Waals surface area contributed by atoms with Gasteiger partial charge in [0.1, 0.15) is 11.3 Å². The monoisotopic (exact) mass is 239 g/mol. The predicted octanol–water partition coefficient (Wildman–Crippen LogP) is 2.47. The van der Waals surface area contributed by atoms with Gasteiger partial charge in [0.25, 0.3) is 0 Å². The highest BCUT2D eigenvalue weighted by Gasteiger charge is 2.05. The van der Waals surface area contributed by atoms with E-state index >= 15 is 0 Å². The first-order valence-electron chi connectivity index (χ1n) is 4.14. The maximum absolute atomic E-state index is 5.81. The molecule has 0 aliphatic heterocycles. The van der Waals surface area contributed by atoms with Crippen molar-refractivity contribution in [1.82, 2.24) is 9.97 Å². The number of imidazole rings is 1. The number of anilines is 1. The summed E-state index contributed by atoms with van der Waals surface area (Å²) in [5.74, 6) is 0.972. The summed E-state index contributed by atoms with van der Waals surface area (Å²) in [6, 6.07) is 3.85. The molecule has 0 fully saturated rings. The largest absolute Gasteiger partial charge is 0.397 e. The van der Waals surface area contributed by atoms with Gasteiger partial charge in [0.15, 0.2) is 0 Å². The van der Waals surface area contributed by atoms with Crippen molar-refractivity contribution in [2.45, 2.75) is 13.3 Å². The normalized spacial score (nSPS) is 10.9. The molecule has 0 saturated heterocycles. The Kier molecular flexibility index (Phi) is 2.00. The Bertz CT molecular complexity index is 447. The molecular formula is C9H10BrN3. The standard InChI is InChI=1S/C9H10BrN3/c1-2-8-12-7-4-5(10)3-6(11)9(7)13-8/h3-4H,2,11H2,1H3,(H,12,13). The van der Waals surface area contributed by atoms with Gasteiger partial charge >= 0.3 is 0 Å². The fraction of sp³-hybridized carbons (Fsp3) is 0.222. The van der Waals surface area contributed by atoms with E-state index in [0.29, 0.717) is 5.69 Å². The van der Waals surface area contributed by atoms with Crippen LogP contribution in [0.3, 0.4) is 0 Å². The molecular weight excluding hydrogens is 230 g/mol. The van der Waals surface area contributed by atoms with E-state index in [1.54, 1.807) is 0 Å². The van der Waals surface area contributed by atoms with Gasteiger partial charge in [0, 0.05) is 10.9 Å². The van der Waals surface area contributed by atoms with Crippen LogP contribution in [0.5, 0.6) is 0 Å². The lowest BCUT2D eigenvalue weighted by molar-refractivity contribution is 1.00. The maximum atomic E-state index is 5.81. The number of halogens is 1. The van der Waals surface area contributed by atoms with E-state index in [9.17, 15) is 0 Å². The molecule has 0 aliphatic rings. The highest BCUT2D eigenvalue weighted by molar-refractivity contribution is 9.10. The second kappa shape index (κ2) is 3.03. The van der Waals surface area contributed by atoms with E-state index < -0.39 is 0 Å². The van der Waals surface area contributed by atoms with E-state index in [2.05, 4.69) is 32.8 Å². The van der Waals surface area contributed by atoms with Gasteiger partial charge in [-0.2, -0.15) is 0 Å². The number of aryl methyl sites for hydroxylation is 1. The number of H-pyrrole nitrogens is 1. The Balaban J connectivity index is 2.75. The van der Waals surface area contributed by atoms with E-state index in [4.69, 9.17) is 5.73 Å². The maximum Gasteiger partial charge on any atom is 0.112 e. The average molecular weight is 240 g/mol. The molecule has 0 radical (unpaired) electrons. The minimum Gasteiger partial charge on any atom is -0.397 e. The summed E-state index contributed by atoms with van der Waals surface area (Å²) in [7, 11) is 0. The minimum atomic E-state index is 0.709. The second-order valence-corrected chi connectivity index (χ2v) is 3.84. The molecule has 0 amide bonds. The van der Waals surface area contributed by atoms with Crippen LogP contribution in [0.2, 0.25) is 0 Å². The second-order valence-electron chi connectivity index (χ2n) is 2.93. The first-order chi connectivity index (χ1) is 6.20. The number of nitrogens with one attached hydrogen (secondary N) is 1. The van der Waals surface area contributed by atoms with Crippen LogP contribution in [-0.2, 0) is 6.42 Å². The molecule has 13 heavy (non-hydrogen) atoms. The first kappa shape index (κ1) is 8.56. The molecule has 0 atom stereocenters. The Morgan fingerprint density at radius 1 is 1.54 bits per heavy atom. The van der Waals surface area contributed by atoms with Gasteiger partial charge in [0.05, 0.1) is 11.2 Å². The molecule has 1 aromatic carbocycles.